The summed E-state index contributed by atoms with van der Waals surface area (Å²) in [4.78, 5) is 15.4. The second kappa shape index (κ2) is 6.31. The Morgan fingerprint density at radius 1 is 1.08 bits per heavy atom. The lowest BCUT2D eigenvalue weighted by molar-refractivity contribution is -0.115. The van der Waals surface area contributed by atoms with Crippen molar-refractivity contribution in [1.29, 1.82) is 0 Å². The molecule has 6 heteroatoms. The maximum Gasteiger partial charge on any atom is 0.230 e. The van der Waals surface area contributed by atoms with E-state index in [1.807, 2.05) is 51.2 Å². The Kier molecular flexibility index (Phi) is 4.20. The number of rotatable bonds is 4. The van der Waals surface area contributed by atoms with E-state index in [2.05, 4.69) is 25.8 Å². The third-order valence-electron chi connectivity index (χ3n) is 3.46. The number of hydrogen-bond acceptors (Lipinski definition) is 4. The van der Waals surface area contributed by atoms with Crippen molar-refractivity contribution in [3.05, 3.63) is 48.2 Å². The minimum absolute atomic E-state index is 0.0885. The Morgan fingerprint density at radius 3 is 2.50 bits per heavy atom. The lowest BCUT2D eigenvalue weighted by Crippen LogP contribution is -2.27. The van der Waals surface area contributed by atoms with Gasteiger partial charge < -0.3 is 15.6 Å². The number of carbonyl (C=O) groups is 1. The van der Waals surface area contributed by atoms with Crippen molar-refractivity contribution < 1.29 is 4.79 Å². The van der Waals surface area contributed by atoms with Gasteiger partial charge in [0.05, 0.1) is 6.42 Å². The SMILES string of the molecule is CC(C)(C)Nc1ccc(NC(=O)Cc2c[nH]c3ccccc23)nn1. The van der Waals surface area contributed by atoms with Gasteiger partial charge in [-0.3, -0.25) is 4.79 Å². The van der Waals surface area contributed by atoms with Gasteiger partial charge in [-0.1, -0.05) is 18.2 Å². The van der Waals surface area contributed by atoms with Crippen molar-refractivity contribution in [2.75, 3.05) is 10.6 Å². The molecule has 0 aliphatic carbocycles. The first kappa shape index (κ1) is 16.0. The van der Waals surface area contributed by atoms with Gasteiger partial charge in [0.25, 0.3) is 0 Å². The highest BCUT2D eigenvalue weighted by Crippen LogP contribution is 2.18. The van der Waals surface area contributed by atoms with Gasteiger partial charge in [0.1, 0.15) is 5.82 Å². The summed E-state index contributed by atoms with van der Waals surface area (Å²) < 4.78 is 0. The maximum absolute atomic E-state index is 12.2. The highest BCUT2D eigenvalue weighted by Gasteiger charge is 2.12. The van der Waals surface area contributed by atoms with Crippen molar-refractivity contribution in [3.8, 4) is 0 Å². The summed E-state index contributed by atoms with van der Waals surface area (Å²) in [5, 5.41) is 15.2. The van der Waals surface area contributed by atoms with Gasteiger partial charge in [-0.15, -0.1) is 10.2 Å². The molecule has 24 heavy (non-hydrogen) atoms. The zero-order chi connectivity index (χ0) is 17.2. The molecular weight excluding hydrogens is 302 g/mol. The number of benzene rings is 1. The van der Waals surface area contributed by atoms with Crippen LogP contribution >= 0.6 is 0 Å². The number of nitrogens with zero attached hydrogens (tertiary/aromatic N) is 2. The van der Waals surface area contributed by atoms with E-state index in [9.17, 15) is 4.79 Å². The van der Waals surface area contributed by atoms with Gasteiger partial charge in [-0.2, -0.15) is 0 Å². The van der Waals surface area contributed by atoms with Crippen molar-refractivity contribution in [2.24, 2.45) is 0 Å². The summed E-state index contributed by atoms with van der Waals surface area (Å²) >= 11 is 0. The lowest BCUT2D eigenvalue weighted by atomic mass is 10.1. The van der Waals surface area contributed by atoms with Crippen LogP contribution in [0.5, 0.6) is 0 Å². The summed E-state index contributed by atoms with van der Waals surface area (Å²) in [6.45, 7) is 6.14. The van der Waals surface area contributed by atoms with E-state index >= 15 is 0 Å². The molecule has 124 valence electrons. The minimum Gasteiger partial charge on any atom is -0.364 e. The van der Waals surface area contributed by atoms with E-state index < -0.39 is 0 Å². The number of fused-ring (bicyclic) bond motifs is 1. The molecule has 3 aromatic rings. The average molecular weight is 323 g/mol. The highest BCUT2D eigenvalue weighted by atomic mass is 16.1. The molecule has 3 rings (SSSR count). The fourth-order valence-corrected chi connectivity index (χ4v) is 2.49. The first-order valence-corrected chi connectivity index (χ1v) is 7.87. The number of H-pyrrole nitrogens is 1. The zero-order valence-corrected chi connectivity index (χ0v) is 14.1. The summed E-state index contributed by atoms with van der Waals surface area (Å²) in [5.41, 5.74) is 1.90. The van der Waals surface area contributed by atoms with Crippen molar-refractivity contribution >= 4 is 28.4 Å². The van der Waals surface area contributed by atoms with Gasteiger partial charge in [0, 0.05) is 22.6 Å². The summed E-state index contributed by atoms with van der Waals surface area (Å²) in [7, 11) is 0. The second-order valence-corrected chi connectivity index (χ2v) is 6.76. The largest absolute Gasteiger partial charge is 0.364 e. The second-order valence-electron chi connectivity index (χ2n) is 6.76. The molecule has 3 N–H and O–H groups in total. The predicted molar refractivity (Wildman–Crippen MR) is 96.0 cm³/mol. The van der Waals surface area contributed by atoms with Crippen LogP contribution in [-0.4, -0.2) is 26.6 Å². The molecule has 0 bridgehead atoms. The standard InChI is InChI=1S/C18H21N5O/c1-18(2,3)21-16-9-8-15(22-23-16)20-17(24)10-12-11-19-14-7-5-4-6-13(12)14/h4-9,11,19H,10H2,1-3H3,(H,21,23)(H,20,22,24). The molecule has 2 heterocycles. The average Bonchev–Trinajstić information content (AvgIpc) is 2.91. The Bertz CT molecular complexity index is 846. The fraction of sp³-hybridized carbons (Fsp3) is 0.278. The third kappa shape index (κ3) is 3.90. The Labute approximate surface area is 140 Å². The zero-order valence-electron chi connectivity index (χ0n) is 14.1. The van der Waals surface area contributed by atoms with E-state index in [4.69, 9.17) is 0 Å². The van der Waals surface area contributed by atoms with Crippen LogP contribution in [0, 0.1) is 0 Å². The molecule has 2 aromatic heterocycles. The van der Waals surface area contributed by atoms with Gasteiger partial charge in [-0.05, 0) is 44.5 Å². The van der Waals surface area contributed by atoms with Crippen LogP contribution in [0.15, 0.2) is 42.6 Å². The van der Waals surface area contributed by atoms with Crippen LogP contribution in [0.4, 0.5) is 11.6 Å². The molecule has 0 saturated heterocycles. The predicted octanol–water partition coefficient (Wildman–Crippen LogP) is 3.35. The van der Waals surface area contributed by atoms with E-state index in [0.29, 0.717) is 11.6 Å². The van der Waals surface area contributed by atoms with Crippen LogP contribution in [-0.2, 0) is 11.2 Å². The van der Waals surface area contributed by atoms with Crippen molar-refractivity contribution in [3.63, 3.8) is 0 Å². The summed E-state index contributed by atoms with van der Waals surface area (Å²) in [6, 6.07) is 11.5. The van der Waals surface area contributed by atoms with E-state index in [1.165, 1.54) is 0 Å². The number of para-hydroxylation sites is 1. The molecule has 0 spiro atoms. The molecule has 6 nitrogen and oxygen atoms in total. The number of carbonyl (C=O) groups excluding carboxylic acids is 1. The van der Waals surface area contributed by atoms with E-state index in [0.717, 1.165) is 16.5 Å². The summed E-state index contributed by atoms with van der Waals surface area (Å²) in [6.07, 6.45) is 2.15. The molecule has 0 aliphatic rings. The third-order valence-corrected chi connectivity index (χ3v) is 3.46. The number of anilines is 2. The molecule has 0 aliphatic heterocycles. The number of aromatic nitrogens is 3. The molecular formula is C18H21N5O. The van der Waals surface area contributed by atoms with Crippen LogP contribution in [0.25, 0.3) is 10.9 Å². The summed E-state index contributed by atoms with van der Waals surface area (Å²) in [5.74, 6) is 1.00. The van der Waals surface area contributed by atoms with Crippen LogP contribution in [0.2, 0.25) is 0 Å². The Hall–Kier alpha value is -2.89. The molecule has 0 atom stereocenters. The molecule has 0 saturated carbocycles. The Morgan fingerprint density at radius 2 is 1.79 bits per heavy atom. The normalized spacial score (nSPS) is 11.5. The number of amides is 1. The first-order valence-electron chi connectivity index (χ1n) is 7.87. The molecule has 0 unspecified atom stereocenters. The Balaban J connectivity index is 1.64. The van der Waals surface area contributed by atoms with Gasteiger partial charge in [0.2, 0.25) is 5.91 Å². The number of nitrogens with one attached hydrogen (secondary N) is 3. The topological polar surface area (TPSA) is 82.7 Å². The van der Waals surface area contributed by atoms with Gasteiger partial charge >= 0.3 is 0 Å². The van der Waals surface area contributed by atoms with E-state index in [-0.39, 0.29) is 17.9 Å². The smallest absolute Gasteiger partial charge is 0.230 e. The fourth-order valence-electron chi connectivity index (χ4n) is 2.49. The molecule has 0 fully saturated rings. The van der Waals surface area contributed by atoms with Crippen LogP contribution < -0.4 is 10.6 Å². The van der Waals surface area contributed by atoms with Crippen LogP contribution in [0.3, 0.4) is 0 Å². The van der Waals surface area contributed by atoms with Gasteiger partial charge in [-0.25, -0.2) is 0 Å². The monoisotopic (exact) mass is 323 g/mol. The van der Waals surface area contributed by atoms with Crippen molar-refractivity contribution in [2.45, 2.75) is 32.7 Å². The minimum atomic E-state index is -0.120. The number of hydrogen-bond donors (Lipinski definition) is 3. The quantitative estimate of drug-likeness (QED) is 0.687. The lowest BCUT2D eigenvalue weighted by Gasteiger charge is -2.20. The number of aromatic amines is 1. The van der Waals surface area contributed by atoms with E-state index in [1.54, 1.807) is 12.1 Å². The molecule has 0 radical (unpaired) electrons. The highest BCUT2D eigenvalue weighted by molar-refractivity contribution is 5.95. The first-order chi connectivity index (χ1) is 11.4. The van der Waals surface area contributed by atoms with Gasteiger partial charge in [0.15, 0.2) is 5.82 Å². The molecule has 1 aromatic carbocycles. The maximum atomic E-state index is 12.2. The van der Waals surface area contributed by atoms with Crippen LogP contribution in [0.1, 0.15) is 26.3 Å². The van der Waals surface area contributed by atoms with Crippen molar-refractivity contribution in [1.82, 2.24) is 15.2 Å². The molecule has 1 amide bonds.